The van der Waals surface area contributed by atoms with Crippen molar-refractivity contribution in [3.63, 3.8) is 0 Å². The molecule has 0 radical (unpaired) electrons. The summed E-state index contributed by atoms with van der Waals surface area (Å²) in [6.07, 6.45) is 1.74. The molecule has 3 aromatic rings. The minimum Gasteiger partial charge on any atom is -0.446 e. The molecule has 0 aliphatic carbocycles. The first-order valence-electron chi connectivity index (χ1n) is 7.73. The molecule has 122 valence electrons. The van der Waals surface area contributed by atoms with E-state index in [9.17, 15) is 4.79 Å². The topological polar surface area (TPSA) is 68.0 Å². The number of aromatic nitrogens is 2. The van der Waals surface area contributed by atoms with Gasteiger partial charge in [-0.05, 0) is 43.7 Å². The van der Waals surface area contributed by atoms with Crippen molar-refractivity contribution in [1.29, 1.82) is 0 Å². The summed E-state index contributed by atoms with van der Waals surface area (Å²) in [5, 5.41) is 2.70. The van der Waals surface area contributed by atoms with Crippen LogP contribution in [0.2, 0.25) is 0 Å². The van der Waals surface area contributed by atoms with Crippen molar-refractivity contribution < 1.29 is 9.21 Å². The molecule has 1 N–H and O–H groups in total. The molecule has 0 aliphatic heterocycles. The van der Waals surface area contributed by atoms with Crippen LogP contribution in [0, 0.1) is 20.8 Å². The van der Waals surface area contributed by atoms with Gasteiger partial charge in [-0.2, -0.15) is 0 Å². The normalized spacial score (nSPS) is 10.7. The molecule has 2 aromatic heterocycles. The van der Waals surface area contributed by atoms with Gasteiger partial charge >= 0.3 is 0 Å². The number of carbonyl (C=O) groups excluding carboxylic acids is 1. The van der Waals surface area contributed by atoms with Gasteiger partial charge in [-0.25, -0.2) is 4.98 Å². The number of carbonyl (C=O) groups is 1. The van der Waals surface area contributed by atoms with Gasteiger partial charge in [0.05, 0.1) is 5.69 Å². The summed E-state index contributed by atoms with van der Waals surface area (Å²) >= 11 is 0. The van der Waals surface area contributed by atoms with Gasteiger partial charge in [0, 0.05) is 36.9 Å². The van der Waals surface area contributed by atoms with Crippen LogP contribution in [0.3, 0.4) is 0 Å². The fourth-order valence-electron chi connectivity index (χ4n) is 2.79. The summed E-state index contributed by atoms with van der Waals surface area (Å²) in [6, 6.07) is 9.58. The van der Waals surface area contributed by atoms with Gasteiger partial charge in [0.25, 0.3) is 5.91 Å². The lowest BCUT2D eigenvalue weighted by atomic mass is 9.94. The van der Waals surface area contributed by atoms with Crippen LogP contribution in [0.25, 0.3) is 22.5 Å². The van der Waals surface area contributed by atoms with E-state index in [4.69, 9.17) is 4.42 Å². The van der Waals surface area contributed by atoms with Gasteiger partial charge in [0.2, 0.25) is 0 Å². The second kappa shape index (κ2) is 6.28. The molecule has 5 heteroatoms. The van der Waals surface area contributed by atoms with Crippen molar-refractivity contribution in [1.82, 2.24) is 15.3 Å². The van der Waals surface area contributed by atoms with Crippen LogP contribution < -0.4 is 5.32 Å². The first-order valence-corrected chi connectivity index (χ1v) is 7.73. The Hall–Kier alpha value is -2.95. The molecule has 1 aromatic carbocycles. The summed E-state index contributed by atoms with van der Waals surface area (Å²) in [5.74, 6) is 1.20. The maximum Gasteiger partial charge on any atom is 0.251 e. The van der Waals surface area contributed by atoms with Crippen molar-refractivity contribution in [2.45, 2.75) is 20.8 Å². The molecule has 5 nitrogen and oxygen atoms in total. The van der Waals surface area contributed by atoms with E-state index in [-0.39, 0.29) is 5.91 Å². The van der Waals surface area contributed by atoms with Crippen LogP contribution in [0.5, 0.6) is 0 Å². The van der Waals surface area contributed by atoms with Crippen molar-refractivity contribution in [2.75, 3.05) is 7.05 Å². The number of benzene rings is 1. The number of nitrogens with one attached hydrogen (secondary N) is 1. The third-order valence-electron chi connectivity index (χ3n) is 4.00. The number of pyridine rings is 1. The smallest absolute Gasteiger partial charge is 0.251 e. The van der Waals surface area contributed by atoms with E-state index in [1.807, 2.05) is 51.1 Å². The number of aryl methyl sites for hydroxylation is 2. The SMILES string of the molecule is CNC(=O)c1cc(-c2ccccn2)cc(-c2nc(C)oc2C)c1C. The van der Waals surface area contributed by atoms with Crippen molar-refractivity contribution in [2.24, 2.45) is 0 Å². The lowest BCUT2D eigenvalue weighted by molar-refractivity contribution is 0.0962. The Kier molecular flexibility index (Phi) is 4.16. The number of amides is 1. The van der Waals surface area contributed by atoms with Crippen LogP contribution in [0.4, 0.5) is 0 Å². The molecule has 0 spiro atoms. The van der Waals surface area contributed by atoms with Crippen LogP contribution in [0.1, 0.15) is 27.6 Å². The minimum atomic E-state index is -0.135. The van der Waals surface area contributed by atoms with Crippen LogP contribution in [-0.4, -0.2) is 22.9 Å². The summed E-state index contributed by atoms with van der Waals surface area (Å²) in [5.41, 5.74) is 4.79. The molecule has 0 atom stereocenters. The summed E-state index contributed by atoms with van der Waals surface area (Å²) in [6.45, 7) is 5.61. The third kappa shape index (κ3) is 2.80. The Morgan fingerprint density at radius 2 is 1.96 bits per heavy atom. The zero-order valence-electron chi connectivity index (χ0n) is 14.2. The standard InChI is InChI=1S/C19H19N3O2/c1-11-15(18-12(2)24-13(3)22-18)9-14(10-16(11)19(23)20-4)17-7-5-6-8-21-17/h5-10H,1-4H3,(H,20,23). The highest BCUT2D eigenvalue weighted by molar-refractivity contribution is 5.99. The largest absolute Gasteiger partial charge is 0.446 e. The number of rotatable bonds is 3. The molecule has 0 saturated carbocycles. The van der Waals surface area contributed by atoms with Gasteiger partial charge in [-0.1, -0.05) is 6.07 Å². The molecule has 2 heterocycles. The van der Waals surface area contributed by atoms with Gasteiger partial charge < -0.3 is 9.73 Å². The quantitative estimate of drug-likeness (QED) is 0.799. The van der Waals surface area contributed by atoms with Crippen molar-refractivity contribution in [3.8, 4) is 22.5 Å². The molecule has 24 heavy (non-hydrogen) atoms. The Bertz CT molecular complexity index is 898. The minimum absolute atomic E-state index is 0.135. The molecule has 0 saturated heterocycles. The first-order chi connectivity index (χ1) is 11.5. The zero-order valence-corrected chi connectivity index (χ0v) is 14.2. The second-order valence-electron chi connectivity index (χ2n) is 5.63. The van der Waals surface area contributed by atoms with Crippen LogP contribution in [0.15, 0.2) is 40.9 Å². The molecule has 0 unspecified atom stereocenters. The molecule has 0 aliphatic rings. The Morgan fingerprint density at radius 3 is 2.54 bits per heavy atom. The number of hydrogen-bond donors (Lipinski definition) is 1. The molecular formula is C19H19N3O2. The maximum atomic E-state index is 12.3. The van der Waals surface area contributed by atoms with Crippen molar-refractivity contribution in [3.05, 3.63) is 59.3 Å². The molecule has 0 bridgehead atoms. The van der Waals surface area contributed by atoms with Crippen LogP contribution >= 0.6 is 0 Å². The van der Waals surface area contributed by atoms with E-state index >= 15 is 0 Å². The summed E-state index contributed by atoms with van der Waals surface area (Å²) < 4.78 is 5.57. The fourth-order valence-corrected chi connectivity index (χ4v) is 2.79. The highest BCUT2D eigenvalue weighted by Crippen LogP contribution is 2.32. The van der Waals surface area contributed by atoms with E-state index in [0.717, 1.165) is 33.8 Å². The Balaban J connectivity index is 2.28. The van der Waals surface area contributed by atoms with Crippen molar-refractivity contribution >= 4 is 5.91 Å². The highest BCUT2D eigenvalue weighted by atomic mass is 16.4. The van der Waals surface area contributed by atoms with Gasteiger partial charge in [0.15, 0.2) is 5.89 Å². The molecule has 0 fully saturated rings. The van der Waals surface area contributed by atoms with Gasteiger partial charge in [-0.15, -0.1) is 0 Å². The van der Waals surface area contributed by atoms with Crippen LogP contribution in [-0.2, 0) is 0 Å². The van der Waals surface area contributed by atoms with E-state index in [1.165, 1.54) is 0 Å². The zero-order chi connectivity index (χ0) is 17.3. The maximum absolute atomic E-state index is 12.3. The predicted molar refractivity (Wildman–Crippen MR) is 92.8 cm³/mol. The fraction of sp³-hybridized carbons (Fsp3) is 0.211. The van der Waals surface area contributed by atoms with E-state index in [1.54, 1.807) is 13.2 Å². The number of hydrogen-bond acceptors (Lipinski definition) is 4. The van der Waals surface area contributed by atoms with E-state index < -0.39 is 0 Å². The highest BCUT2D eigenvalue weighted by Gasteiger charge is 2.19. The average Bonchev–Trinajstić information content (AvgIpc) is 2.93. The molecular weight excluding hydrogens is 302 g/mol. The first kappa shape index (κ1) is 15.9. The van der Waals surface area contributed by atoms with Gasteiger partial charge in [-0.3, -0.25) is 9.78 Å². The molecule has 3 rings (SSSR count). The van der Waals surface area contributed by atoms with E-state index in [0.29, 0.717) is 11.5 Å². The number of oxazole rings is 1. The summed E-state index contributed by atoms with van der Waals surface area (Å²) in [4.78, 5) is 21.2. The Labute approximate surface area is 140 Å². The monoisotopic (exact) mass is 321 g/mol. The lowest BCUT2D eigenvalue weighted by Gasteiger charge is -2.13. The second-order valence-corrected chi connectivity index (χ2v) is 5.63. The average molecular weight is 321 g/mol. The van der Waals surface area contributed by atoms with E-state index in [2.05, 4.69) is 15.3 Å². The number of nitrogens with zero attached hydrogens (tertiary/aromatic N) is 2. The summed E-state index contributed by atoms with van der Waals surface area (Å²) in [7, 11) is 1.63. The third-order valence-corrected chi connectivity index (χ3v) is 4.00. The predicted octanol–water partition coefficient (Wildman–Crippen LogP) is 3.69. The molecule has 1 amide bonds. The Morgan fingerprint density at radius 1 is 1.17 bits per heavy atom. The lowest BCUT2D eigenvalue weighted by Crippen LogP contribution is -2.19. The van der Waals surface area contributed by atoms with Gasteiger partial charge in [0.1, 0.15) is 11.5 Å².